The van der Waals surface area contributed by atoms with Crippen molar-refractivity contribution >= 4 is 16.9 Å². The third kappa shape index (κ3) is 2.77. The number of nitrogens with one attached hydrogen (secondary N) is 2. The van der Waals surface area contributed by atoms with Gasteiger partial charge in [-0.1, -0.05) is 0 Å². The number of hydrogen-bond donors (Lipinski definition) is 2. The Kier molecular flexibility index (Phi) is 3.99. The van der Waals surface area contributed by atoms with Gasteiger partial charge in [-0.3, -0.25) is 18.7 Å². The Morgan fingerprint density at radius 3 is 2.65 bits per heavy atom. The molecule has 0 unspecified atom stereocenters. The van der Waals surface area contributed by atoms with Gasteiger partial charge < -0.3 is 10.6 Å². The molecule has 0 radical (unpaired) electrons. The smallest absolute Gasteiger partial charge is 0.332 e. The zero-order valence-corrected chi connectivity index (χ0v) is 13.1. The van der Waals surface area contributed by atoms with Crippen LogP contribution >= 0.6 is 0 Å². The molecule has 0 spiro atoms. The number of rotatable bonds is 2. The van der Waals surface area contributed by atoms with Gasteiger partial charge in [0, 0.05) is 26.3 Å². The molecule has 0 bridgehead atoms. The summed E-state index contributed by atoms with van der Waals surface area (Å²) in [5, 5.41) is 6.46. The van der Waals surface area contributed by atoms with E-state index in [9.17, 15) is 14.4 Å². The summed E-state index contributed by atoms with van der Waals surface area (Å²) >= 11 is 0. The summed E-state index contributed by atoms with van der Waals surface area (Å²) in [5.41, 5.74) is -0.294. The zero-order valence-electron chi connectivity index (χ0n) is 13.1. The van der Waals surface area contributed by atoms with E-state index in [0.29, 0.717) is 5.56 Å². The molecule has 0 atom stereocenters. The van der Waals surface area contributed by atoms with Crippen molar-refractivity contribution in [2.45, 2.75) is 18.9 Å². The minimum atomic E-state index is -0.452. The highest BCUT2D eigenvalue weighted by Crippen LogP contribution is 2.09. The number of carbonyl (C=O) groups is 1. The maximum Gasteiger partial charge on any atom is 0.332 e. The largest absolute Gasteiger partial charge is 0.349 e. The van der Waals surface area contributed by atoms with Gasteiger partial charge in [-0.05, 0) is 32.0 Å². The van der Waals surface area contributed by atoms with Crippen LogP contribution in [-0.2, 0) is 14.1 Å². The average molecular weight is 317 g/mol. The van der Waals surface area contributed by atoms with Gasteiger partial charge >= 0.3 is 5.69 Å². The Bertz CT molecular complexity index is 877. The first-order chi connectivity index (χ1) is 11.0. The maximum atomic E-state index is 12.4. The Balaban J connectivity index is 1.98. The van der Waals surface area contributed by atoms with Crippen molar-refractivity contribution in [2.75, 3.05) is 13.1 Å². The van der Waals surface area contributed by atoms with Crippen LogP contribution in [0.1, 0.15) is 23.2 Å². The number of carbonyl (C=O) groups excluding carboxylic acids is 1. The first-order valence-corrected chi connectivity index (χ1v) is 7.56. The predicted molar refractivity (Wildman–Crippen MR) is 85.6 cm³/mol. The number of hydrogen-bond acceptors (Lipinski definition) is 5. The first kappa shape index (κ1) is 15.4. The summed E-state index contributed by atoms with van der Waals surface area (Å²) in [6, 6.07) is 1.63. The topological polar surface area (TPSA) is 98.0 Å². The SMILES string of the molecule is Cn1c(=O)c2cc(C(=O)NC3CCNCC3)cnc2n(C)c1=O. The molecule has 1 aliphatic heterocycles. The highest BCUT2D eigenvalue weighted by Gasteiger charge is 2.18. The number of aromatic nitrogens is 3. The lowest BCUT2D eigenvalue weighted by Gasteiger charge is -2.23. The van der Waals surface area contributed by atoms with Crippen LogP contribution in [0.3, 0.4) is 0 Å². The number of piperidine rings is 1. The van der Waals surface area contributed by atoms with Crippen LogP contribution in [-0.4, -0.2) is 39.2 Å². The molecule has 0 aromatic carbocycles. The third-order valence-corrected chi connectivity index (χ3v) is 4.23. The molecule has 122 valence electrons. The van der Waals surface area contributed by atoms with Gasteiger partial charge in [0.2, 0.25) is 0 Å². The summed E-state index contributed by atoms with van der Waals surface area (Å²) in [5.74, 6) is -0.248. The number of amides is 1. The second kappa shape index (κ2) is 5.96. The first-order valence-electron chi connectivity index (χ1n) is 7.56. The normalized spacial score (nSPS) is 15.7. The van der Waals surface area contributed by atoms with Gasteiger partial charge in [0.15, 0.2) is 0 Å². The number of nitrogens with zero attached hydrogens (tertiary/aromatic N) is 3. The van der Waals surface area contributed by atoms with Crippen LogP contribution in [0.15, 0.2) is 21.9 Å². The summed E-state index contributed by atoms with van der Waals surface area (Å²) in [6.07, 6.45) is 3.16. The van der Waals surface area contributed by atoms with E-state index in [1.165, 1.54) is 23.9 Å². The zero-order chi connectivity index (χ0) is 16.6. The molecule has 8 heteroatoms. The molecule has 1 saturated heterocycles. The van der Waals surface area contributed by atoms with Crippen LogP contribution < -0.4 is 21.9 Å². The van der Waals surface area contributed by atoms with Crippen LogP contribution in [0, 0.1) is 0 Å². The van der Waals surface area contributed by atoms with Crippen molar-refractivity contribution in [2.24, 2.45) is 14.1 Å². The van der Waals surface area contributed by atoms with Crippen molar-refractivity contribution < 1.29 is 4.79 Å². The van der Waals surface area contributed by atoms with Gasteiger partial charge in [-0.15, -0.1) is 0 Å². The Hall–Kier alpha value is -2.48. The molecule has 1 fully saturated rings. The number of aryl methyl sites for hydroxylation is 1. The second-order valence-electron chi connectivity index (χ2n) is 5.80. The highest BCUT2D eigenvalue weighted by molar-refractivity contribution is 5.96. The third-order valence-electron chi connectivity index (χ3n) is 4.23. The van der Waals surface area contributed by atoms with Crippen LogP contribution in [0.25, 0.3) is 11.0 Å². The van der Waals surface area contributed by atoms with Gasteiger partial charge in [0.1, 0.15) is 5.65 Å². The van der Waals surface area contributed by atoms with Crippen molar-refractivity contribution in [1.29, 1.82) is 0 Å². The molecule has 3 rings (SSSR count). The molecule has 0 saturated carbocycles. The summed E-state index contributed by atoms with van der Waals surface area (Å²) in [6.45, 7) is 1.76. The minimum absolute atomic E-state index is 0.127. The monoisotopic (exact) mass is 317 g/mol. The van der Waals surface area contributed by atoms with E-state index in [2.05, 4.69) is 15.6 Å². The number of fused-ring (bicyclic) bond motifs is 1. The fourth-order valence-electron chi connectivity index (χ4n) is 2.82. The lowest BCUT2D eigenvalue weighted by Crippen LogP contribution is -2.43. The minimum Gasteiger partial charge on any atom is -0.349 e. The van der Waals surface area contributed by atoms with Crippen LogP contribution in [0.2, 0.25) is 0 Å². The fraction of sp³-hybridized carbons (Fsp3) is 0.467. The average Bonchev–Trinajstić information content (AvgIpc) is 2.58. The van der Waals surface area contributed by atoms with E-state index >= 15 is 0 Å². The molecule has 1 aliphatic rings. The predicted octanol–water partition coefficient (Wildman–Crippen LogP) is -0.886. The van der Waals surface area contributed by atoms with Crippen molar-refractivity contribution in [3.8, 4) is 0 Å². The van der Waals surface area contributed by atoms with Crippen LogP contribution in [0.4, 0.5) is 0 Å². The molecular formula is C15H19N5O3. The van der Waals surface area contributed by atoms with Gasteiger partial charge in [-0.2, -0.15) is 0 Å². The summed E-state index contributed by atoms with van der Waals surface area (Å²) in [4.78, 5) is 40.6. The van der Waals surface area contributed by atoms with Crippen molar-refractivity contribution in [3.05, 3.63) is 38.7 Å². The highest BCUT2D eigenvalue weighted by atomic mass is 16.2. The van der Waals surface area contributed by atoms with E-state index in [0.717, 1.165) is 30.5 Å². The Morgan fingerprint density at radius 2 is 1.96 bits per heavy atom. The summed E-state index contributed by atoms with van der Waals surface area (Å²) in [7, 11) is 2.96. The molecule has 0 aliphatic carbocycles. The standard InChI is InChI=1S/C15H19N5O3/c1-19-12-11(14(22)20(2)15(19)23)7-9(8-17-12)13(21)18-10-3-5-16-6-4-10/h7-8,10,16H,3-6H2,1-2H3,(H,18,21). The molecular weight excluding hydrogens is 298 g/mol. The second-order valence-corrected chi connectivity index (χ2v) is 5.80. The molecule has 8 nitrogen and oxygen atoms in total. The van der Waals surface area contributed by atoms with Gasteiger partial charge in [0.25, 0.3) is 11.5 Å². The molecule has 2 aromatic heterocycles. The van der Waals surface area contributed by atoms with E-state index in [4.69, 9.17) is 0 Å². The molecule has 1 amide bonds. The maximum absolute atomic E-state index is 12.4. The lowest BCUT2D eigenvalue weighted by atomic mass is 10.1. The number of pyridine rings is 1. The quantitative estimate of drug-likeness (QED) is 0.749. The van der Waals surface area contributed by atoms with Gasteiger partial charge in [-0.25, -0.2) is 9.78 Å². The van der Waals surface area contributed by atoms with E-state index in [1.807, 2.05) is 0 Å². The van der Waals surface area contributed by atoms with E-state index < -0.39 is 11.2 Å². The molecule has 2 N–H and O–H groups in total. The molecule has 3 heterocycles. The van der Waals surface area contributed by atoms with Crippen LogP contribution in [0.5, 0.6) is 0 Å². The molecule has 23 heavy (non-hydrogen) atoms. The van der Waals surface area contributed by atoms with Gasteiger partial charge in [0.05, 0.1) is 10.9 Å². The van der Waals surface area contributed by atoms with Crippen molar-refractivity contribution in [1.82, 2.24) is 24.8 Å². The Morgan fingerprint density at radius 1 is 1.26 bits per heavy atom. The van der Waals surface area contributed by atoms with Crippen molar-refractivity contribution in [3.63, 3.8) is 0 Å². The Labute approximate surface area is 132 Å². The summed E-state index contributed by atoms with van der Waals surface area (Å²) < 4.78 is 2.31. The lowest BCUT2D eigenvalue weighted by molar-refractivity contribution is 0.0929. The van der Waals surface area contributed by atoms with E-state index in [-0.39, 0.29) is 23.0 Å². The fourth-order valence-corrected chi connectivity index (χ4v) is 2.82. The molecule has 2 aromatic rings. The van der Waals surface area contributed by atoms with E-state index in [1.54, 1.807) is 7.05 Å².